The summed E-state index contributed by atoms with van der Waals surface area (Å²) in [6.07, 6.45) is 9.80. The van der Waals surface area contributed by atoms with Crippen LogP contribution in [0.15, 0.2) is 48.9 Å². The molecule has 1 fully saturated rings. The van der Waals surface area contributed by atoms with Gasteiger partial charge in [0.05, 0.1) is 10.7 Å². The SMILES string of the molecule is CCc1c(-c2nccn2C)cnc2nc(N3CCC[C@@H]3C(=O)CCc3ccccc3)sc12. The standard InChI is InChI=1S/C25H27N5OS/c1-3-18-19(24-26-13-15-29(24)2)16-27-23-22(18)32-25(28-23)30-14-7-10-20(30)21(31)12-11-17-8-5-4-6-9-17/h4-6,8-9,13,15-16,20H,3,7,10-12,14H2,1-2H3/t20-/m1/s1. The summed E-state index contributed by atoms with van der Waals surface area (Å²) in [6.45, 7) is 3.03. The number of ketones is 1. The molecule has 4 heterocycles. The Kier molecular flexibility index (Phi) is 5.74. The molecular formula is C25H27N5OS. The highest BCUT2D eigenvalue weighted by atomic mass is 32.1. The van der Waals surface area contributed by atoms with Gasteiger partial charge in [-0.25, -0.2) is 9.97 Å². The highest BCUT2D eigenvalue weighted by Crippen LogP contribution is 2.37. The van der Waals surface area contributed by atoms with E-state index in [2.05, 4.69) is 33.9 Å². The highest BCUT2D eigenvalue weighted by Gasteiger charge is 2.32. The maximum atomic E-state index is 13.1. The minimum absolute atomic E-state index is 0.0849. The van der Waals surface area contributed by atoms with Crippen LogP contribution < -0.4 is 4.90 Å². The van der Waals surface area contributed by atoms with Crippen molar-refractivity contribution in [1.82, 2.24) is 19.5 Å². The van der Waals surface area contributed by atoms with Gasteiger partial charge in [-0.1, -0.05) is 48.6 Å². The van der Waals surface area contributed by atoms with Gasteiger partial charge in [-0.15, -0.1) is 0 Å². The fourth-order valence-corrected chi connectivity index (χ4v) is 5.83. The minimum atomic E-state index is -0.0849. The number of hydrogen-bond acceptors (Lipinski definition) is 6. The monoisotopic (exact) mass is 445 g/mol. The number of anilines is 1. The van der Waals surface area contributed by atoms with Gasteiger partial charge in [-0.3, -0.25) is 4.79 Å². The Morgan fingerprint density at radius 2 is 2.06 bits per heavy atom. The smallest absolute Gasteiger partial charge is 0.188 e. The topological polar surface area (TPSA) is 63.9 Å². The van der Waals surface area contributed by atoms with Crippen LogP contribution in [0, 0.1) is 0 Å². The molecule has 0 bridgehead atoms. The summed E-state index contributed by atoms with van der Waals surface area (Å²) in [7, 11) is 2.00. The number of carbonyl (C=O) groups excluding carboxylic acids is 1. The van der Waals surface area contributed by atoms with E-state index in [1.54, 1.807) is 11.3 Å². The molecule has 1 aliphatic heterocycles. The lowest BCUT2D eigenvalue weighted by atomic mass is 10.0. The van der Waals surface area contributed by atoms with Gasteiger partial charge < -0.3 is 9.47 Å². The molecule has 0 amide bonds. The van der Waals surface area contributed by atoms with E-state index in [4.69, 9.17) is 4.98 Å². The number of aryl methyl sites for hydroxylation is 3. The Morgan fingerprint density at radius 3 is 2.81 bits per heavy atom. The van der Waals surface area contributed by atoms with Crippen LogP contribution in [0.4, 0.5) is 5.13 Å². The molecule has 1 saturated heterocycles. The van der Waals surface area contributed by atoms with Gasteiger partial charge in [-0.05, 0) is 36.8 Å². The number of hydrogen-bond donors (Lipinski definition) is 0. The van der Waals surface area contributed by atoms with Crippen LogP contribution in [0.5, 0.6) is 0 Å². The number of nitrogens with zero attached hydrogens (tertiary/aromatic N) is 5. The van der Waals surface area contributed by atoms with Gasteiger partial charge in [0.1, 0.15) is 5.82 Å². The largest absolute Gasteiger partial charge is 0.338 e. The van der Waals surface area contributed by atoms with Crippen LogP contribution in [0.25, 0.3) is 21.7 Å². The maximum Gasteiger partial charge on any atom is 0.188 e. The number of pyridine rings is 1. The average molecular weight is 446 g/mol. The number of aromatic nitrogens is 4. The first-order chi connectivity index (χ1) is 15.7. The summed E-state index contributed by atoms with van der Waals surface area (Å²) in [5.74, 6) is 1.23. The van der Waals surface area contributed by atoms with Gasteiger partial charge in [0.15, 0.2) is 16.6 Å². The zero-order valence-electron chi connectivity index (χ0n) is 18.5. The third-order valence-electron chi connectivity index (χ3n) is 6.30. The maximum absolute atomic E-state index is 13.1. The van der Waals surface area contributed by atoms with Gasteiger partial charge >= 0.3 is 0 Å². The van der Waals surface area contributed by atoms with Crippen molar-refractivity contribution in [2.75, 3.05) is 11.4 Å². The summed E-state index contributed by atoms with van der Waals surface area (Å²) in [6, 6.07) is 10.2. The van der Waals surface area contributed by atoms with E-state index < -0.39 is 0 Å². The lowest BCUT2D eigenvalue weighted by Gasteiger charge is -2.22. The number of rotatable bonds is 7. The van der Waals surface area contributed by atoms with Gasteiger partial charge in [0.25, 0.3) is 0 Å². The molecule has 1 aliphatic rings. The zero-order chi connectivity index (χ0) is 22.1. The van der Waals surface area contributed by atoms with Crippen LogP contribution in [0.1, 0.15) is 37.3 Å². The molecule has 4 aromatic rings. The summed E-state index contributed by atoms with van der Waals surface area (Å²) >= 11 is 1.66. The fraction of sp³-hybridized carbons (Fsp3) is 0.360. The predicted octanol–water partition coefficient (Wildman–Crippen LogP) is 4.82. The first-order valence-electron chi connectivity index (χ1n) is 11.2. The van der Waals surface area contributed by atoms with Crippen LogP contribution in [-0.2, 0) is 24.7 Å². The van der Waals surface area contributed by atoms with E-state index in [1.807, 2.05) is 48.4 Å². The van der Waals surface area contributed by atoms with Gasteiger partial charge in [0, 0.05) is 44.2 Å². The van der Waals surface area contributed by atoms with Crippen molar-refractivity contribution in [3.63, 3.8) is 0 Å². The molecule has 0 unspecified atom stereocenters. The number of benzene rings is 1. The summed E-state index contributed by atoms with van der Waals surface area (Å²) < 4.78 is 3.12. The first kappa shape index (κ1) is 20.8. The molecule has 164 valence electrons. The summed E-state index contributed by atoms with van der Waals surface area (Å²) in [5.41, 5.74) is 4.25. The summed E-state index contributed by atoms with van der Waals surface area (Å²) in [4.78, 5) is 29.3. The molecule has 1 aromatic carbocycles. The van der Waals surface area contributed by atoms with E-state index >= 15 is 0 Å². The van der Waals surface area contributed by atoms with Crippen molar-refractivity contribution in [3.8, 4) is 11.4 Å². The third kappa shape index (κ3) is 3.81. The normalized spacial score (nSPS) is 16.2. The molecule has 32 heavy (non-hydrogen) atoms. The highest BCUT2D eigenvalue weighted by molar-refractivity contribution is 7.22. The Morgan fingerprint density at radius 1 is 1.22 bits per heavy atom. The van der Waals surface area contributed by atoms with E-state index in [-0.39, 0.29) is 6.04 Å². The molecule has 0 saturated carbocycles. The zero-order valence-corrected chi connectivity index (χ0v) is 19.3. The molecule has 0 aliphatic carbocycles. The van der Waals surface area contributed by atoms with Crippen molar-refractivity contribution in [2.45, 2.75) is 45.1 Å². The number of Topliss-reactive ketones (excluding diaryl/α,β-unsaturated/α-hetero) is 1. The second kappa shape index (κ2) is 8.82. The molecule has 0 spiro atoms. The average Bonchev–Trinajstić information content (AvgIpc) is 3.56. The lowest BCUT2D eigenvalue weighted by Crippen LogP contribution is -2.36. The Bertz CT molecular complexity index is 1250. The quantitative estimate of drug-likeness (QED) is 0.408. The van der Waals surface area contributed by atoms with Gasteiger partial charge in [0.2, 0.25) is 0 Å². The Labute approximate surface area is 192 Å². The van der Waals surface area contributed by atoms with Crippen molar-refractivity contribution < 1.29 is 4.79 Å². The van der Waals surface area contributed by atoms with E-state index in [0.29, 0.717) is 12.2 Å². The lowest BCUT2D eigenvalue weighted by molar-refractivity contribution is -0.120. The van der Waals surface area contributed by atoms with Gasteiger partial charge in [-0.2, -0.15) is 4.98 Å². The molecule has 5 rings (SSSR count). The molecule has 0 radical (unpaired) electrons. The van der Waals surface area contributed by atoms with E-state index in [1.165, 1.54) is 11.1 Å². The van der Waals surface area contributed by atoms with Crippen LogP contribution in [0.3, 0.4) is 0 Å². The number of fused-ring (bicyclic) bond motifs is 1. The molecule has 1 atom stereocenters. The van der Waals surface area contributed by atoms with E-state index in [0.717, 1.165) is 59.1 Å². The van der Waals surface area contributed by atoms with Crippen LogP contribution in [0.2, 0.25) is 0 Å². The first-order valence-corrected chi connectivity index (χ1v) is 12.1. The van der Waals surface area contributed by atoms with E-state index in [9.17, 15) is 4.79 Å². The number of imidazole rings is 1. The van der Waals surface area contributed by atoms with Crippen molar-refractivity contribution in [3.05, 3.63) is 60.0 Å². The molecule has 7 heteroatoms. The second-order valence-electron chi connectivity index (χ2n) is 8.32. The predicted molar refractivity (Wildman–Crippen MR) is 129 cm³/mol. The molecule has 3 aromatic heterocycles. The number of thiazole rings is 1. The van der Waals surface area contributed by atoms with Crippen molar-refractivity contribution in [2.24, 2.45) is 7.05 Å². The fourth-order valence-electron chi connectivity index (χ4n) is 4.61. The molecule has 0 N–H and O–H groups in total. The van der Waals surface area contributed by atoms with Crippen LogP contribution in [-0.4, -0.2) is 37.9 Å². The second-order valence-corrected chi connectivity index (χ2v) is 9.30. The minimum Gasteiger partial charge on any atom is -0.338 e. The Balaban J connectivity index is 1.42. The molecule has 6 nitrogen and oxygen atoms in total. The number of carbonyl (C=O) groups is 1. The summed E-state index contributed by atoms with van der Waals surface area (Å²) in [5, 5.41) is 0.912. The van der Waals surface area contributed by atoms with Crippen molar-refractivity contribution >= 4 is 32.6 Å². The Hall–Kier alpha value is -3.06. The molecular weight excluding hydrogens is 418 g/mol. The van der Waals surface area contributed by atoms with Crippen LogP contribution >= 0.6 is 11.3 Å². The van der Waals surface area contributed by atoms with Crippen molar-refractivity contribution in [1.29, 1.82) is 0 Å². The third-order valence-corrected chi connectivity index (χ3v) is 7.44.